The predicted molar refractivity (Wildman–Crippen MR) is 223 cm³/mol. The maximum absolute atomic E-state index is 13.8. The van der Waals surface area contributed by atoms with Gasteiger partial charge in [-0.05, 0) is 96.2 Å². The number of likely N-dealkylation sites (N-methyl/N-ethyl adjacent to an activating group) is 2. The van der Waals surface area contributed by atoms with E-state index in [0.29, 0.717) is 0 Å². The van der Waals surface area contributed by atoms with Crippen LogP contribution in [-0.4, -0.2) is 99.2 Å². The van der Waals surface area contributed by atoms with Gasteiger partial charge in [0.1, 0.15) is 23.7 Å². The number of hydrogen-bond acceptors (Lipinski definition) is 8. The lowest BCUT2D eigenvalue weighted by Gasteiger charge is -2.31. The number of H-pyrrole nitrogens is 2. The van der Waals surface area contributed by atoms with Crippen molar-refractivity contribution in [2.24, 2.45) is 0 Å². The minimum absolute atomic E-state index is 0.0421. The highest BCUT2D eigenvalue weighted by Gasteiger charge is 2.37. The van der Waals surface area contributed by atoms with Gasteiger partial charge in [0.2, 0.25) is 11.8 Å². The summed E-state index contributed by atoms with van der Waals surface area (Å²) in [6.07, 6.45) is 7.95. The number of aromatic nitrogens is 4. The van der Waals surface area contributed by atoms with Crippen LogP contribution in [0.5, 0.6) is 0 Å². The van der Waals surface area contributed by atoms with Gasteiger partial charge in [0.25, 0.3) is 0 Å². The number of carbonyl (C=O) groups is 2. The van der Waals surface area contributed by atoms with Crippen molar-refractivity contribution in [3.05, 3.63) is 120 Å². The van der Waals surface area contributed by atoms with Gasteiger partial charge in [-0.2, -0.15) is 0 Å². The Balaban J connectivity index is 0.000000229. The Kier molecular flexibility index (Phi) is 12.1. The van der Waals surface area contributed by atoms with Crippen LogP contribution in [-0.2, 0) is 9.59 Å². The molecule has 2 amide bonds. The smallest absolute Gasteiger partial charge is 0.245 e. The molecule has 0 aliphatic carbocycles. The normalized spacial score (nSPS) is 16.7. The summed E-state index contributed by atoms with van der Waals surface area (Å²) in [5, 5.41) is 0. The highest BCUT2D eigenvalue weighted by Crippen LogP contribution is 2.41. The van der Waals surface area contributed by atoms with Crippen LogP contribution in [0.25, 0.3) is 30.9 Å². The van der Waals surface area contributed by atoms with Gasteiger partial charge in [-0.25, -0.2) is 9.97 Å². The highest BCUT2D eigenvalue weighted by molar-refractivity contribution is 7.25. The second-order valence-corrected chi connectivity index (χ2v) is 16.8. The number of carbonyl (C=O) groups excluding carboxylic acids is 2. The predicted octanol–water partition coefficient (Wildman–Crippen LogP) is 8.44. The van der Waals surface area contributed by atoms with E-state index in [2.05, 4.69) is 39.2 Å². The molecule has 2 fully saturated rings. The molecule has 0 bridgehead atoms. The molecule has 0 unspecified atom stereocenters. The Hall–Kier alpha value is -4.88. The second-order valence-electron chi connectivity index (χ2n) is 14.7. The Morgan fingerprint density at radius 3 is 1.69 bits per heavy atom. The zero-order valence-corrected chi connectivity index (χ0v) is 33.9. The fourth-order valence-corrected chi connectivity index (χ4v) is 9.62. The van der Waals surface area contributed by atoms with Crippen LogP contribution in [0.1, 0.15) is 66.6 Å². The van der Waals surface area contributed by atoms with Gasteiger partial charge in [0.05, 0.1) is 39.6 Å². The zero-order chi connectivity index (χ0) is 38.5. The SMILES string of the molecule is CN(C)[C@@H](C(=O)N1CCCC1)c1ccccc1.Cc1ncc(-c2ccc(-c3ccc(-c4cnc([C@@H]5CCCN5C(=O)[C@@H](c5ccccc5)N(C)C)[nH]4)s3)s2)[nH]1. The number of aromatic amines is 2. The molecular formula is C43H50N8O2S2. The van der Waals surface area contributed by atoms with Crippen LogP contribution in [0, 0.1) is 6.92 Å². The van der Waals surface area contributed by atoms with Crippen molar-refractivity contribution in [3.8, 4) is 30.9 Å². The summed E-state index contributed by atoms with van der Waals surface area (Å²) in [6.45, 7) is 4.54. The topological polar surface area (TPSA) is 104 Å². The Bertz CT molecular complexity index is 2160. The molecule has 4 aromatic heterocycles. The van der Waals surface area contributed by atoms with Crippen molar-refractivity contribution >= 4 is 34.5 Å². The second kappa shape index (κ2) is 17.3. The van der Waals surface area contributed by atoms with Crippen LogP contribution < -0.4 is 0 Å². The maximum Gasteiger partial charge on any atom is 0.245 e. The summed E-state index contributed by atoms with van der Waals surface area (Å²) >= 11 is 3.51. The fraction of sp³-hybridized carbons (Fsp3) is 0.349. The van der Waals surface area contributed by atoms with Crippen LogP contribution in [0.3, 0.4) is 0 Å². The van der Waals surface area contributed by atoms with Gasteiger partial charge in [-0.15, -0.1) is 22.7 Å². The molecule has 10 nitrogen and oxygen atoms in total. The number of nitrogens with zero attached hydrogens (tertiary/aromatic N) is 6. The summed E-state index contributed by atoms with van der Waals surface area (Å²) in [4.78, 5) is 54.9. The number of aryl methyl sites for hydroxylation is 1. The first-order valence-corrected chi connectivity index (χ1v) is 20.6. The number of hydrogen-bond donors (Lipinski definition) is 2. The molecule has 2 aromatic carbocycles. The Labute approximate surface area is 331 Å². The largest absolute Gasteiger partial charge is 0.342 e. The third-order valence-electron chi connectivity index (χ3n) is 10.3. The summed E-state index contributed by atoms with van der Waals surface area (Å²) < 4.78 is 0. The van der Waals surface area contributed by atoms with E-state index in [4.69, 9.17) is 4.98 Å². The quantitative estimate of drug-likeness (QED) is 0.145. The van der Waals surface area contributed by atoms with Gasteiger partial charge in [0.15, 0.2) is 0 Å². The average molecular weight is 775 g/mol. The molecule has 2 saturated heterocycles. The lowest BCUT2D eigenvalue weighted by Crippen LogP contribution is -2.40. The molecular weight excluding hydrogens is 725 g/mol. The summed E-state index contributed by atoms with van der Waals surface area (Å²) in [5.74, 6) is 2.14. The number of benzene rings is 2. The molecule has 8 rings (SSSR count). The Morgan fingerprint density at radius 2 is 1.16 bits per heavy atom. The summed E-state index contributed by atoms with van der Waals surface area (Å²) in [7, 11) is 7.86. The van der Waals surface area contributed by atoms with Crippen LogP contribution in [0.4, 0.5) is 0 Å². The van der Waals surface area contributed by atoms with E-state index in [0.717, 1.165) is 84.4 Å². The molecule has 2 aliphatic rings. The summed E-state index contributed by atoms with van der Waals surface area (Å²) in [5.41, 5.74) is 4.13. The van der Waals surface area contributed by atoms with Crippen molar-refractivity contribution in [3.63, 3.8) is 0 Å². The average Bonchev–Trinajstić information content (AvgIpc) is 4.03. The Morgan fingerprint density at radius 1 is 0.655 bits per heavy atom. The van der Waals surface area contributed by atoms with E-state index in [1.54, 1.807) is 22.7 Å². The van der Waals surface area contributed by atoms with Crippen molar-refractivity contribution in [1.82, 2.24) is 39.5 Å². The zero-order valence-electron chi connectivity index (χ0n) is 32.2. The van der Waals surface area contributed by atoms with E-state index in [-0.39, 0.29) is 29.9 Å². The van der Waals surface area contributed by atoms with Gasteiger partial charge < -0.3 is 19.8 Å². The first-order valence-electron chi connectivity index (χ1n) is 19.0. The van der Waals surface area contributed by atoms with Gasteiger partial charge in [-0.1, -0.05) is 60.7 Å². The summed E-state index contributed by atoms with van der Waals surface area (Å²) in [6, 6.07) is 28.2. The molecule has 0 spiro atoms. The number of rotatable bonds is 10. The van der Waals surface area contributed by atoms with Crippen molar-refractivity contribution in [2.45, 2.75) is 50.7 Å². The van der Waals surface area contributed by atoms with E-state index in [1.807, 2.05) is 128 Å². The van der Waals surface area contributed by atoms with Crippen molar-refractivity contribution in [1.29, 1.82) is 0 Å². The van der Waals surface area contributed by atoms with E-state index in [9.17, 15) is 9.59 Å². The lowest BCUT2D eigenvalue weighted by atomic mass is 10.0. The molecule has 2 aliphatic heterocycles. The molecule has 6 aromatic rings. The molecule has 12 heteroatoms. The number of nitrogens with one attached hydrogen (secondary N) is 2. The van der Waals surface area contributed by atoms with Crippen molar-refractivity contribution in [2.75, 3.05) is 47.8 Å². The highest BCUT2D eigenvalue weighted by atomic mass is 32.1. The molecule has 6 heterocycles. The third-order valence-corrected chi connectivity index (χ3v) is 12.7. The number of imidazole rings is 2. The lowest BCUT2D eigenvalue weighted by molar-refractivity contribution is -0.137. The van der Waals surface area contributed by atoms with Gasteiger partial charge in [-0.3, -0.25) is 19.4 Å². The van der Waals surface area contributed by atoms with Crippen LogP contribution in [0.2, 0.25) is 0 Å². The number of likely N-dealkylation sites (tertiary alicyclic amines) is 2. The van der Waals surface area contributed by atoms with E-state index >= 15 is 0 Å². The van der Waals surface area contributed by atoms with E-state index in [1.165, 1.54) is 14.6 Å². The van der Waals surface area contributed by atoms with Gasteiger partial charge in [0, 0.05) is 29.4 Å². The van der Waals surface area contributed by atoms with E-state index < -0.39 is 0 Å². The number of amides is 2. The molecule has 55 heavy (non-hydrogen) atoms. The maximum atomic E-state index is 13.8. The molecule has 0 saturated carbocycles. The van der Waals surface area contributed by atoms with Gasteiger partial charge >= 0.3 is 0 Å². The molecule has 0 radical (unpaired) electrons. The molecule has 286 valence electrons. The fourth-order valence-electron chi connectivity index (χ4n) is 7.58. The van der Waals surface area contributed by atoms with Crippen LogP contribution >= 0.6 is 22.7 Å². The number of thiophene rings is 2. The first kappa shape index (κ1) is 38.4. The monoisotopic (exact) mass is 774 g/mol. The van der Waals surface area contributed by atoms with Crippen LogP contribution in [0.15, 0.2) is 97.3 Å². The standard InChI is InChI=1S/C29H30N6OS2.C14H20N2O/c1-18-30-16-20(32-18)23-11-13-25(37-23)26-14-12-24(38-26)21-17-31-28(33-21)22-10-7-15-35(22)29(36)27(34(2)3)19-8-5-4-6-9-19;1-15(2)13(12-8-4-3-5-9-12)14(17)16-10-6-7-11-16/h4-6,8-9,11-14,16-17,22,27H,7,10,15H2,1-3H3,(H,30,32)(H,31,33);3-5,8-9,13H,6-7,10-11H2,1-2H3/t22-,27+;13-/m01/s1. The minimum Gasteiger partial charge on any atom is -0.342 e. The van der Waals surface area contributed by atoms with Crippen molar-refractivity contribution < 1.29 is 9.59 Å². The first-order chi connectivity index (χ1) is 26.7. The third kappa shape index (κ3) is 8.68. The molecule has 2 N–H and O–H groups in total. The minimum atomic E-state index is -0.313. The molecule has 3 atom stereocenters.